The molecule has 222 valence electrons. The summed E-state index contributed by atoms with van der Waals surface area (Å²) in [7, 11) is 3.03. The molecule has 0 saturated carbocycles. The molecule has 0 aliphatic carbocycles. The van der Waals surface area contributed by atoms with E-state index in [-0.39, 0.29) is 35.3 Å². The van der Waals surface area contributed by atoms with Crippen molar-refractivity contribution in [2.24, 2.45) is 7.05 Å². The number of benzene rings is 2. The fraction of sp³-hybridized carbons (Fsp3) is 0.345. The van der Waals surface area contributed by atoms with E-state index < -0.39 is 30.2 Å². The van der Waals surface area contributed by atoms with Gasteiger partial charge < -0.3 is 33.9 Å². The molecule has 3 heterocycles. The highest BCUT2D eigenvalue weighted by Crippen LogP contribution is 2.35. The van der Waals surface area contributed by atoms with Gasteiger partial charge in [-0.3, -0.25) is 14.4 Å². The summed E-state index contributed by atoms with van der Waals surface area (Å²) in [5.74, 6) is -1.14. The topological polar surface area (TPSA) is 115 Å². The van der Waals surface area contributed by atoms with Gasteiger partial charge in [-0.2, -0.15) is 0 Å². The van der Waals surface area contributed by atoms with Crippen LogP contribution in [0.25, 0.3) is 21.8 Å². The number of rotatable bonds is 7. The van der Waals surface area contributed by atoms with Crippen LogP contribution in [0.4, 0.5) is 13.2 Å². The van der Waals surface area contributed by atoms with Gasteiger partial charge in [0.25, 0.3) is 11.5 Å². The van der Waals surface area contributed by atoms with E-state index in [0.29, 0.717) is 47.9 Å². The molecule has 1 saturated heterocycles. The van der Waals surface area contributed by atoms with Crippen LogP contribution in [-0.2, 0) is 18.4 Å². The zero-order valence-electron chi connectivity index (χ0n) is 22.9. The Morgan fingerprint density at radius 3 is 2.48 bits per heavy atom. The number of fused-ring (bicyclic) bond motifs is 3. The highest BCUT2D eigenvalue weighted by Gasteiger charge is 2.32. The molecule has 2 N–H and O–H groups in total. The maximum Gasteiger partial charge on any atom is 0.573 e. The minimum atomic E-state index is -4.86. The standard InChI is InChI=1S/C29H29F3N4O6/c1-34-24-20-8-3-4-9-21(20)36(15-17-6-5-7-19(14-17)42-29(30,31)32)28(40)23(24)26(41-2)25(34)27(39)33-18-10-12-35(13-11-18)22(38)16-37/h3-9,14,18,37H,10-13,15-16H2,1-2H3,(H,33,39). The number of likely N-dealkylation sites (tertiary alicyclic amines) is 1. The van der Waals surface area contributed by atoms with Gasteiger partial charge in [0.1, 0.15) is 17.7 Å². The lowest BCUT2D eigenvalue weighted by atomic mass is 10.0. The number of piperidine rings is 1. The molecule has 0 unspecified atom stereocenters. The Balaban J connectivity index is 1.55. The zero-order chi connectivity index (χ0) is 30.2. The molecule has 13 heteroatoms. The molecule has 4 aromatic rings. The molecule has 5 rings (SSSR count). The van der Waals surface area contributed by atoms with Crippen LogP contribution in [-0.4, -0.2) is 70.2 Å². The van der Waals surface area contributed by atoms with E-state index in [9.17, 15) is 27.6 Å². The quantitative estimate of drug-likeness (QED) is 0.344. The van der Waals surface area contributed by atoms with Crippen molar-refractivity contribution in [3.05, 3.63) is 70.1 Å². The van der Waals surface area contributed by atoms with Crippen molar-refractivity contribution >= 4 is 33.6 Å². The van der Waals surface area contributed by atoms with Crippen molar-refractivity contribution in [1.29, 1.82) is 0 Å². The van der Waals surface area contributed by atoms with Gasteiger partial charge in [0.05, 0.1) is 24.7 Å². The second kappa shape index (κ2) is 11.4. The van der Waals surface area contributed by atoms with Crippen molar-refractivity contribution < 1.29 is 37.3 Å². The Morgan fingerprint density at radius 1 is 1.10 bits per heavy atom. The van der Waals surface area contributed by atoms with Gasteiger partial charge in [-0.25, -0.2) is 0 Å². The summed E-state index contributed by atoms with van der Waals surface area (Å²) < 4.78 is 51.1. The van der Waals surface area contributed by atoms with Crippen LogP contribution in [0.2, 0.25) is 0 Å². The van der Waals surface area contributed by atoms with Gasteiger partial charge in [-0.05, 0) is 36.6 Å². The van der Waals surface area contributed by atoms with Crippen LogP contribution in [0.5, 0.6) is 11.5 Å². The molecule has 42 heavy (non-hydrogen) atoms. The average Bonchev–Trinajstić information content (AvgIpc) is 3.27. The van der Waals surface area contributed by atoms with Crippen molar-refractivity contribution in [2.75, 3.05) is 26.8 Å². The number of nitrogens with one attached hydrogen (secondary N) is 1. The number of amides is 2. The molecule has 1 fully saturated rings. The Labute approximate surface area is 237 Å². The van der Waals surface area contributed by atoms with Gasteiger partial charge in [0, 0.05) is 31.6 Å². The second-order valence-electron chi connectivity index (χ2n) is 10.1. The highest BCUT2D eigenvalue weighted by atomic mass is 19.4. The summed E-state index contributed by atoms with van der Waals surface area (Å²) in [6.07, 6.45) is -3.86. The van der Waals surface area contributed by atoms with Crippen LogP contribution in [0, 0.1) is 0 Å². The number of halogens is 3. The Kier molecular flexibility index (Phi) is 7.87. The zero-order valence-corrected chi connectivity index (χ0v) is 22.9. The number of para-hydroxylation sites is 1. The molecule has 2 amide bonds. The van der Waals surface area contributed by atoms with Crippen LogP contribution in [0.15, 0.2) is 53.3 Å². The van der Waals surface area contributed by atoms with Crippen molar-refractivity contribution in [3.8, 4) is 11.5 Å². The summed E-state index contributed by atoms with van der Waals surface area (Å²) >= 11 is 0. The number of hydrogen-bond acceptors (Lipinski definition) is 6. The maximum atomic E-state index is 14.0. The number of hydrogen-bond donors (Lipinski definition) is 2. The predicted molar refractivity (Wildman–Crippen MR) is 148 cm³/mol. The first-order chi connectivity index (χ1) is 20.0. The monoisotopic (exact) mass is 586 g/mol. The lowest BCUT2D eigenvalue weighted by Gasteiger charge is -2.32. The minimum absolute atomic E-state index is 0.0605. The Morgan fingerprint density at radius 2 is 1.81 bits per heavy atom. The third-order valence-corrected chi connectivity index (χ3v) is 7.47. The number of alkyl halides is 3. The number of ether oxygens (including phenoxy) is 2. The average molecular weight is 587 g/mol. The number of aryl methyl sites for hydroxylation is 1. The van der Waals surface area contributed by atoms with E-state index in [1.165, 1.54) is 29.9 Å². The summed E-state index contributed by atoms with van der Waals surface area (Å²) in [6.45, 7) is 0.153. The lowest BCUT2D eigenvalue weighted by molar-refractivity contribution is -0.274. The third-order valence-electron chi connectivity index (χ3n) is 7.47. The minimum Gasteiger partial charge on any atom is -0.493 e. The van der Waals surface area contributed by atoms with E-state index in [4.69, 9.17) is 9.84 Å². The van der Waals surface area contributed by atoms with Gasteiger partial charge >= 0.3 is 6.36 Å². The summed E-state index contributed by atoms with van der Waals surface area (Å²) in [4.78, 5) is 40.9. The molecule has 0 bridgehead atoms. The molecule has 10 nitrogen and oxygen atoms in total. The molecule has 0 radical (unpaired) electrons. The molecular formula is C29H29F3N4O6. The summed E-state index contributed by atoms with van der Waals surface area (Å²) in [5.41, 5.74) is 1.07. The first kappa shape index (κ1) is 29.0. The van der Waals surface area contributed by atoms with E-state index in [1.54, 1.807) is 46.8 Å². The second-order valence-corrected chi connectivity index (χ2v) is 10.1. The van der Waals surface area contributed by atoms with Crippen LogP contribution in [0.3, 0.4) is 0 Å². The SMILES string of the molecule is COc1c(C(=O)NC2CCN(C(=O)CO)CC2)n(C)c2c1c(=O)n(Cc1cccc(OC(F)(F)F)c1)c1ccccc21. The molecular weight excluding hydrogens is 557 g/mol. The number of aliphatic hydroxyl groups is 1. The van der Waals surface area contributed by atoms with E-state index in [2.05, 4.69) is 10.1 Å². The molecule has 0 spiro atoms. The lowest BCUT2D eigenvalue weighted by Crippen LogP contribution is -2.47. The number of carbonyl (C=O) groups excluding carboxylic acids is 2. The number of aliphatic hydroxyl groups excluding tert-OH is 1. The van der Waals surface area contributed by atoms with E-state index in [0.717, 1.165) is 0 Å². The fourth-order valence-electron chi connectivity index (χ4n) is 5.59. The van der Waals surface area contributed by atoms with Crippen LogP contribution < -0.4 is 20.3 Å². The fourth-order valence-corrected chi connectivity index (χ4v) is 5.59. The molecule has 1 aliphatic rings. The van der Waals surface area contributed by atoms with Crippen molar-refractivity contribution in [3.63, 3.8) is 0 Å². The highest BCUT2D eigenvalue weighted by molar-refractivity contribution is 6.12. The molecule has 0 atom stereocenters. The number of nitrogens with zero attached hydrogens (tertiary/aromatic N) is 3. The summed E-state index contributed by atoms with van der Waals surface area (Å²) in [5, 5.41) is 12.9. The third kappa shape index (κ3) is 5.51. The van der Waals surface area contributed by atoms with Gasteiger partial charge in [-0.15, -0.1) is 13.2 Å². The number of methoxy groups -OCH3 is 1. The van der Waals surface area contributed by atoms with Crippen molar-refractivity contribution in [1.82, 2.24) is 19.4 Å². The largest absolute Gasteiger partial charge is 0.573 e. The van der Waals surface area contributed by atoms with Gasteiger partial charge in [0.15, 0.2) is 11.4 Å². The van der Waals surface area contributed by atoms with Crippen molar-refractivity contribution in [2.45, 2.75) is 31.8 Å². The number of pyridine rings is 1. The number of aromatic nitrogens is 2. The Hall–Kier alpha value is -4.52. The Bertz CT molecular complexity index is 1720. The first-order valence-electron chi connectivity index (χ1n) is 13.2. The molecule has 2 aromatic heterocycles. The van der Waals surface area contributed by atoms with Gasteiger partial charge in [0.2, 0.25) is 5.91 Å². The molecule has 1 aliphatic heterocycles. The van der Waals surface area contributed by atoms with E-state index in [1.807, 2.05) is 0 Å². The predicted octanol–water partition coefficient (Wildman–Crippen LogP) is 3.16. The smallest absolute Gasteiger partial charge is 0.493 e. The number of carbonyl (C=O) groups is 2. The summed E-state index contributed by atoms with van der Waals surface area (Å²) in [6, 6.07) is 12.2. The van der Waals surface area contributed by atoms with Gasteiger partial charge in [-0.1, -0.05) is 30.3 Å². The normalized spacial score (nSPS) is 14.4. The maximum absolute atomic E-state index is 14.0. The first-order valence-corrected chi connectivity index (χ1v) is 13.2. The van der Waals surface area contributed by atoms with E-state index >= 15 is 0 Å². The van der Waals surface area contributed by atoms with Crippen LogP contribution >= 0.6 is 0 Å². The van der Waals surface area contributed by atoms with Crippen LogP contribution in [0.1, 0.15) is 28.9 Å². The molecule has 2 aromatic carbocycles.